The first-order valence-electron chi connectivity index (χ1n) is 17.4. The number of aromatic nitrogens is 3. The lowest BCUT2D eigenvalue weighted by Gasteiger charge is -2.51. The number of amides is 3. The first kappa shape index (κ1) is 37.2. The molecule has 1 aliphatic carbocycles. The van der Waals surface area contributed by atoms with Crippen molar-refractivity contribution in [2.45, 2.75) is 48.9 Å². The van der Waals surface area contributed by atoms with Gasteiger partial charge in [0.05, 0.1) is 43.1 Å². The SMILES string of the molecule is CO/N=C(\C(=O)N[C@@H]1C(=O)N2C(C(=O)[O-])=C(C[N+]3(C)CCCC3)CS[C@H]12)c1csc(N)n1.O=C(O)C1=CS[C@@H]2/C(=C\c3cn4c5c(sc4n3)CCC5)C(=O)N12. The highest BCUT2D eigenvalue weighted by atomic mass is 32.2. The minimum Gasteiger partial charge on any atom is -0.543 e. The number of oxime groups is 1. The van der Waals surface area contributed by atoms with Crippen LogP contribution in [-0.2, 0) is 41.7 Å². The number of fused-ring (bicyclic) bond motifs is 5. The maximum absolute atomic E-state index is 12.9. The molecule has 17 nitrogen and oxygen atoms in total. The number of nitrogens with zero attached hydrogens (tertiary/aromatic N) is 7. The third-order valence-electron chi connectivity index (χ3n) is 10.3. The van der Waals surface area contributed by atoms with Crippen LogP contribution in [0.5, 0.6) is 0 Å². The van der Waals surface area contributed by atoms with E-state index in [1.807, 2.05) is 6.20 Å². The van der Waals surface area contributed by atoms with Crippen LogP contribution in [0.4, 0.5) is 5.13 Å². The normalized spacial score (nSPS) is 24.5. The van der Waals surface area contributed by atoms with Gasteiger partial charge in [0.25, 0.3) is 17.7 Å². The number of aryl methyl sites for hydroxylation is 2. The Morgan fingerprint density at radius 2 is 1.96 bits per heavy atom. The molecular weight excluding hydrogens is 791 g/mol. The van der Waals surface area contributed by atoms with E-state index in [1.165, 1.54) is 62.8 Å². The number of rotatable bonds is 9. The summed E-state index contributed by atoms with van der Waals surface area (Å²) in [4.78, 5) is 79.3. The van der Waals surface area contributed by atoms with Crippen molar-refractivity contribution in [2.24, 2.45) is 5.16 Å². The van der Waals surface area contributed by atoms with E-state index >= 15 is 0 Å². The van der Waals surface area contributed by atoms with Gasteiger partial charge in [-0.25, -0.2) is 14.8 Å². The lowest BCUT2D eigenvalue weighted by molar-refractivity contribution is -0.893. The van der Waals surface area contributed by atoms with E-state index in [4.69, 9.17) is 15.7 Å². The van der Waals surface area contributed by atoms with Gasteiger partial charge >= 0.3 is 5.97 Å². The molecule has 3 aromatic heterocycles. The zero-order valence-electron chi connectivity index (χ0n) is 29.6. The molecule has 8 heterocycles. The minimum atomic E-state index is -1.37. The highest BCUT2D eigenvalue weighted by molar-refractivity contribution is 8.03. The fourth-order valence-electron chi connectivity index (χ4n) is 7.73. The van der Waals surface area contributed by atoms with Crippen LogP contribution in [0, 0.1) is 0 Å². The van der Waals surface area contributed by atoms with Gasteiger partial charge in [-0.15, -0.1) is 46.2 Å². The van der Waals surface area contributed by atoms with Gasteiger partial charge in [-0.1, -0.05) is 5.16 Å². The number of carbonyl (C=O) groups excluding carboxylic acids is 4. The molecule has 9 rings (SSSR count). The number of hydrogen-bond acceptors (Lipinski definition) is 15. The van der Waals surface area contributed by atoms with Crippen LogP contribution >= 0.6 is 46.2 Å². The number of aliphatic carboxylic acids is 2. The van der Waals surface area contributed by atoms with Crippen molar-refractivity contribution in [3.63, 3.8) is 0 Å². The van der Waals surface area contributed by atoms with Crippen LogP contribution < -0.4 is 16.2 Å². The van der Waals surface area contributed by atoms with Crippen molar-refractivity contribution in [3.8, 4) is 0 Å². The number of nitrogens with one attached hydrogen (secondary N) is 1. The van der Waals surface area contributed by atoms with E-state index in [1.54, 1.807) is 22.8 Å². The third-order valence-corrected chi connectivity index (χ3v) is 14.6. The standard InChI is InChI=1S/C19H24N6O5S2.C15H11N3O3S2/c1-25(5-3-4-6-25)7-10-8-31-17-13(16(27)24(17)14(10)18(28)29)22-15(26)12(23-30-2)11-9-32-19(20)21-11;19-12-8(13-18(12)10(6-22-13)14(20)21)4-7-5-17-9-2-1-3-11(9)23-15(17)16-7/h9,13,17H,3-8H2,1-2H3,(H3-,20,21,22,26,28,29);4-6,13H,1-3H2,(H,20,21)/b23-12-;8-4-/t13-,17-;13-/m11/s1. The van der Waals surface area contributed by atoms with Gasteiger partial charge in [-0.2, -0.15) is 0 Å². The summed E-state index contributed by atoms with van der Waals surface area (Å²) in [7, 11) is 3.39. The molecule has 5 aliphatic heterocycles. The molecule has 3 amide bonds. The first-order chi connectivity index (χ1) is 26.4. The van der Waals surface area contributed by atoms with Crippen LogP contribution in [0.3, 0.4) is 0 Å². The number of carbonyl (C=O) groups is 5. The van der Waals surface area contributed by atoms with Gasteiger partial charge < -0.3 is 35.4 Å². The second-order valence-electron chi connectivity index (χ2n) is 13.9. The number of β-lactam (4-membered cyclic amide) rings is 2. The van der Waals surface area contributed by atoms with Crippen LogP contribution in [0.1, 0.15) is 41.2 Å². The number of carboxylic acid groups (broad SMARTS) is 2. The Kier molecular flexibility index (Phi) is 9.76. The average Bonchev–Trinajstić information content (AvgIpc) is 4.00. The molecule has 0 unspecified atom stereocenters. The van der Waals surface area contributed by atoms with Crippen LogP contribution in [0.2, 0.25) is 0 Å². The summed E-state index contributed by atoms with van der Waals surface area (Å²) in [6, 6.07) is -0.891. The number of carboxylic acids is 2. The summed E-state index contributed by atoms with van der Waals surface area (Å²) in [6.07, 6.45) is 9.38. The van der Waals surface area contributed by atoms with E-state index in [0.29, 0.717) is 23.4 Å². The number of imidazole rings is 1. The van der Waals surface area contributed by atoms with Crippen molar-refractivity contribution in [1.29, 1.82) is 0 Å². The molecule has 4 N–H and O–H groups in total. The molecule has 0 saturated carbocycles. The van der Waals surface area contributed by atoms with Gasteiger partial charge in [0.15, 0.2) is 15.8 Å². The highest BCUT2D eigenvalue weighted by Gasteiger charge is 2.54. The molecule has 3 fully saturated rings. The largest absolute Gasteiger partial charge is 0.543 e. The number of nitrogens with two attached hydrogens (primary N) is 1. The monoisotopic (exact) mass is 825 g/mol. The number of thioether (sulfide) groups is 2. The average molecular weight is 826 g/mol. The van der Waals surface area contributed by atoms with Gasteiger partial charge in [0, 0.05) is 51.7 Å². The molecular formula is C34H35N9O8S4. The fourth-order valence-corrected chi connectivity index (χ4v) is 11.9. The van der Waals surface area contributed by atoms with Crippen LogP contribution in [0.15, 0.2) is 44.7 Å². The Morgan fingerprint density at radius 1 is 1.18 bits per heavy atom. The van der Waals surface area contributed by atoms with Crippen LogP contribution in [-0.4, -0.2) is 125 Å². The highest BCUT2D eigenvalue weighted by Crippen LogP contribution is 2.45. The Morgan fingerprint density at radius 3 is 2.65 bits per heavy atom. The molecule has 6 aliphatic rings. The van der Waals surface area contributed by atoms with Crippen molar-refractivity contribution < 1.29 is 43.5 Å². The zero-order valence-corrected chi connectivity index (χ0v) is 32.8. The Hall–Kier alpha value is -4.70. The molecule has 0 spiro atoms. The number of hydrogen-bond donors (Lipinski definition) is 3. The predicted octanol–water partition coefficient (Wildman–Crippen LogP) is 0.829. The van der Waals surface area contributed by atoms with E-state index < -0.39 is 35.2 Å². The molecule has 3 saturated heterocycles. The second-order valence-corrected chi connectivity index (χ2v) is 18.0. The molecule has 21 heteroatoms. The number of thiazole rings is 2. The summed E-state index contributed by atoms with van der Waals surface area (Å²) in [5, 5.41) is 30.0. The van der Waals surface area contributed by atoms with Gasteiger partial charge in [-0.05, 0) is 25.3 Å². The third kappa shape index (κ3) is 6.60. The lowest BCUT2D eigenvalue weighted by atomic mass is 10.0. The summed E-state index contributed by atoms with van der Waals surface area (Å²) in [5.74, 6) is -3.37. The number of nitrogen functional groups attached to an aromatic ring is 1. The summed E-state index contributed by atoms with van der Waals surface area (Å²) >= 11 is 5.64. The Balaban J connectivity index is 0.000000163. The summed E-state index contributed by atoms with van der Waals surface area (Å²) in [5.41, 5.74) is 9.17. The van der Waals surface area contributed by atoms with Crippen molar-refractivity contribution in [2.75, 3.05) is 45.3 Å². The van der Waals surface area contributed by atoms with E-state index in [2.05, 4.69) is 31.9 Å². The minimum absolute atomic E-state index is 0.0609. The van der Waals surface area contributed by atoms with E-state index in [9.17, 15) is 29.1 Å². The summed E-state index contributed by atoms with van der Waals surface area (Å²) in [6.45, 7) is 2.53. The lowest BCUT2D eigenvalue weighted by Crippen LogP contribution is -2.71. The fraction of sp³-hybridized carbons (Fsp3) is 0.412. The van der Waals surface area contributed by atoms with Gasteiger partial charge in [-0.3, -0.25) is 28.6 Å². The van der Waals surface area contributed by atoms with Crippen LogP contribution in [0.25, 0.3) is 11.0 Å². The molecule has 288 valence electrons. The number of quaternary nitrogens is 1. The molecule has 3 aromatic rings. The maximum atomic E-state index is 12.9. The molecule has 3 atom stereocenters. The Bertz CT molecular complexity index is 2280. The number of anilines is 1. The van der Waals surface area contributed by atoms with Crippen molar-refractivity contribution in [1.82, 2.24) is 29.5 Å². The first-order valence-corrected chi connectivity index (χ1v) is 21.0. The van der Waals surface area contributed by atoms with Crippen molar-refractivity contribution >= 4 is 97.7 Å². The molecule has 55 heavy (non-hydrogen) atoms. The van der Waals surface area contributed by atoms with E-state index in [0.717, 1.165) is 65.2 Å². The molecule has 0 bridgehead atoms. The van der Waals surface area contributed by atoms with Gasteiger partial charge in [0.1, 0.15) is 41.8 Å². The van der Waals surface area contributed by atoms with Gasteiger partial charge in [0.2, 0.25) is 0 Å². The second kappa shape index (κ2) is 14.4. The number of likely N-dealkylation sites (N-methyl/N-ethyl adjacent to an activating group) is 1. The smallest absolute Gasteiger partial charge is 0.353 e. The van der Waals surface area contributed by atoms with E-state index in [-0.39, 0.29) is 39.2 Å². The maximum Gasteiger partial charge on any atom is 0.353 e. The predicted molar refractivity (Wildman–Crippen MR) is 204 cm³/mol. The Labute approximate surface area is 330 Å². The molecule has 0 aromatic carbocycles. The quantitative estimate of drug-likeness (QED) is 0.0895. The number of likely N-dealkylation sites (tertiary alicyclic amines) is 1. The molecule has 0 radical (unpaired) electrons. The summed E-state index contributed by atoms with van der Waals surface area (Å²) < 4.78 is 2.89. The van der Waals surface area contributed by atoms with Crippen molar-refractivity contribution in [3.05, 3.63) is 61.5 Å². The topological polar surface area (TPSA) is 225 Å². The zero-order chi connectivity index (χ0) is 38.8.